The van der Waals surface area contributed by atoms with Crippen molar-refractivity contribution in [3.63, 3.8) is 0 Å². The fraction of sp³-hybridized carbons (Fsp3) is 0.633. The molecule has 9 nitrogen and oxygen atoms in total. The van der Waals surface area contributed by atoms with Crippen molar-refractivity contribution in [1.29, 1.82) is 0 Å². The van der Waals surface area contributed by atoms with E-state index in [4.69, 9.17) is 32.0 Å². The minimum atomic E-state index is -5.06. The third kappa shape index (κ3) is 14.2. The second-order valence-corrected chi connectivity index (χ2v) is 18.7. The van der Waals surface area contributed by atoms with Crippen LogP contribution < -0.4 is 0 Å². The van der Waals surface area contributed by atoms with Gasteiger partial charge in [-0.1, -0.05) is 78.3 Å². The number of carbonyl (C=O) groups excluding carboxylic acids is 1. The molecule has 0 aromatic heterocycles. The second-order valence-electron chi connectivity index (χ2n) is 10.5. The Morgan fingerprint density at radius 2 is 1.74 bits per heavy atom. The number of esters is 1. The van der Waals surface area contributed by atoms with Crippen LogP contribution in [0.1, 0.15) is 54.4 Å². The Labute approximate surface area is 281 Å². The van der Waals surface area contributed by atoms with Crippen molar-refractivity contribution in [2.24, 2.45) is 0 Å². The fourth-order valence-electron chi connectivity index (χ4n) is 4.72. The van der Waals surface area contributed by atoms with E-state index in [0.29, 0.717) is 13.0 Å². The van der Waals surface area contributed by atoms with E-state index in [2.05, 4.69) is 18.4 Å². The first kappa shape index (κ1) is 43.5. The molecule has 0 bridgehead atoms. The zero-order chi connectivity index (χ0) is 34.7. The summed E-state index contributed by atoms with van der Waals surface area (Å²) >= 11 is 0. The molecule has 1 aliphatic rings. The van der Waals surface area contributed by atoms with Gasteiger partial charge in [-0.25, -0.2) is 4.79 Å². The van der Waals surface area contributed by atoms with Crippen LogP contribution in [-0.2, 0) is 41.4 Å². The van der Waals surface area contributed by atoms with Gasteiger partial charge in [0, 0.05) is 36.9 Å². The van der Waals surface area contributed by atoms with E-state index in [0.717, 1.165) is 18.1 Å². The zero-order valence-corrected chi connectivity index (χ0v) is 32.9. The number of cyclic esters (lactones) is 1. The molecular weight excluding hydrogens is 694 g/mol. The van der Waals surface area contributed by atoms with Crippen LogP contribution in [0.2, 0.25) is 18.1 Å². The lowest BCUT2D eigenvalue weighted by Crippen LogP contribution is -2.54. The molecular formula is C30H52F2O9P4Si. The Hall–Kier alpha value is -0.473. The molecule has 0 spiro atoms. The van der Waals surface area contributed by atoms with E-state index in [9.17, 15) is 9.36 Å². The summed E-state index contributed by atoms with van der Waals surface area (Å²) in [6.07, 6.45) is 14.5. The highest BCUT2D eigenvalue weighted by Gasteiger charge is 2.59. The fourth-order valence-corrected chi connectivity index (χ4v) is 10.1. The first-order chi connectivity index (χ1) is 21.8. The molecule has 0 saturated carbocycles. The average molecular weight is 747 g/mol. The van der Waals surface area contributed by atoms with Crippen LogP contribution in [0.15, 0.2) is 60.8 Å². The third-order valence-corrected chi connectivity index (χ3v) is 15.1. The molecule has 0 fully saturated rings. The molecule has 4 unspecified atom stereocenters. The van der Waals surface area contributed by atoms with Gasteiger partial charge in [0.25, 0.3) is 0 Å². The van der Waals surface area contributed by atoms with Crippen LogP contribution in [0.3, 0.4) is 0 Å². The van der Waals surface area contributed by atoms with Crippen LogP contribution >= 0.6 is 34.5 Å². The number of rotatable bonds is 24. The van der Waals surface area contributed by atoms with Gasteiger partial charge in [0.1, 0.15) is 6.10 Å². The second kappa shape index (κ2) is 22.3. The molecule has 1 rings (SSSR count). The lowest BCUT2D eigenvalue weighted by molar-refractivity contribution is -0.244. The van der Waals surface area contributed by atoms with Gasteiger partial charge in [-0.2, -0.15) is 8.78 Å². The van der Waals surface area contributed by atoms with Crippen molar-refractivity contribution in [3.05, 3.63) is 60.8 Å². The smallest absolute Gasteiger partial charge is 0.455 e. The average Bonchev–Trinajstić information content (AvgIpc) is 3.02. The summed E-state index contributed by atoms with van der Waals surface area (Å²) in [4.78, 5) is 11.9. The lowest BCUT2D eigenvalue weighted by Gasteiger charge is -2.45. The maximum atomic E-state index is 16.1. The number of ether oxygens (including phenoxy) is 2. The molecule has 0 aliphatic carbocycles. The van der Waals surface area contributed by atoms with Gasteiger partial charge in [0.15, 0.2) is 8.32 Å². The van der Waals surface area contributed by atoms with E-state index in [1.54, 1.807) is 55.5 Å². The highest BCUT2D eigenvalue weighted by Crippen LogP contribution is 2.63. The van der Waals surface area contributed by atoms with Gasteiger partial charge in [-0.15, -0.1) is 0 Å². The molecule has 1 aliphatic heterocycles. The lowest BCUT2D eigenvalue weighted by atomic mass is 9.92. The maximum absolute atomic E-state index is 16.1. The Bertz CT molecular complexity index is 1080. The minimum absolute atomic E-state index is 0.0523. The SMILES string of the molecule is CCOP(=O)(OCC)C(F)(F)OC(C[C@H](\C=C/C=C\C=C\COP)OPP)[C@@](C)(/C=C/[C@H]1CC=CC(=O)O1)O[Si](CC)(CC)CC. The monoisotopic (exact) mass is 746 g/mol. The molecule has 264 valence electrons. The normalized spacial score (nSPS) is 19.7. The minimum Gasteiger partial charge on any atom is -0.455 e. The molecule has 0 radical (unpaired) electrons. The summed E-state index contributed by atoms with van der Waals surface area (Å²) in [6.45, 7) is 10.5. The molecule has 0 aromatic carbocycles. The molecule has 0 amide bonds. The molecule has 16 heteroatoms. The third-order valence-electron chi connectivity index (χ3n) is 7.39. The topological polar surface area (TPSA) is 98.8 Å². The highest BCUT2D eigenvalue weighted by atomic mass is 32.0. The molecule has 1 heterocycles. The van der Waals surface area contributed by atoms with Gasteiger partial charge >= 0.3 is 19.4 Å². The summed E-state index contributed by atoms with van der Waals surface area (Å²) in [5.74, 6) is -4.83. The Kier molecular flexibility index (Phi) is 21.1. The number of halogens is 2. The van der Waals surface area contributed by atoms with Crippen LogP contribution in [0, 0.1) is 0 Å². The van der Waals surface area contributed by atoms with Gasteiger partial charge < -0.3 is 32.0 Å². The summed E-state index contributed by atoms with van der Waals surface area (Å²) in [5, 5.41) is 0. The summed E-state index contributed by atoms with van der Waals surface area (Å²) in [6, 6.07) is 2.16. The van der Waals surface area contributed by atoms with Crippen LogP contribution in [0.4, 0.5) is 8.78 Å². The number of allylic oxidation sites excluding steroid dienone is 4. The molecule has 0 saturated heterocycles. The number of carbonyl (C=O) groups is 1. The Balaban J connectivity index is 3.77. The van der Waals surface area contributed by atoms with Crippen molar-refractivity contribution in [2.45, 2.75) is 102 Å². The molecule has 0 N–H and O–H groups in total. The van der Waals surface area contributed by atoms with Crippen LogP contribution in [0.5, 0.6) is 0 Å². The molecule has 46 heavy (non-hydrogen) atoms. The van der Waals surface area contributed by atoms with Crippen molar-refractivity contribution in [3.8, 4) is 0 Å². The van der Waals surface area contributed by atoms with Gasteiger partial charge in [0.2, 0.25) is 0 Å². The number of hydrogen-bond acceptors (Lipinski definition) is 9. The van der Waals surface area contributed by atoms with E-state index >= 15 is 8.78 Å². The highest BCUT2D eigenvalue weighted by molar-refractivity contribution is 8.00. The van der Waals surface area contributed by atoms with Crippen molar-refractivity contribution >= 4 is 48.8 Å². The summed E-state index contributed by atoms with van der Waals surface area (Å²) < 4.78 is 84.4. The first-order valence-electron chi connectivity index (χ1n) is 15.5. The first-order valence-corrected chi connectivity index (χ1v) is 22.7. The largest absolute Gasteiger partial charge is 0.459 e. The van der Waals surface area contributed by atoms with E-state index < -0.39 is 51.6 Å². The maximum Gasteiger partial charge on any atom is 0.459 e. The predicted octanol–water partition coefficient (Wildman–Crippen LogP) is 9.03. The number of alkyl halides is 2. The summed E-state index contributed by atoms with van der Waals surface area (Å²) in [7, 11) is -2.97. The van der Waals surface area contributed by atoms with E-state index in [-0.39, 0.29) is 28.1 Å². The van der Waals surface area contributed by atoms with Gasteiger partial charge in [-0.3, -0.25) is 4.57 Å². The standard InChI is InChI=1S/C30H52F2O9P4Si/c1-7-36-45(34,37-8-2)30(31,32)39-27(24-26(40-44-43)18-15-13-12-14-16-23-35-42)29(6,41-46(9-3,10-4)11-5)22-21-25-19-17-20-28(33)38-25/h12-18,20-22,25-27,44H,7-11,19,23-24,42-43H2,1-6H3/b13-12-,16-14+,18-15-,22-21+/t25-,26+,27?,29-/m1/s1. The number of hydrogen-bond donors (Lipinski definition) is 0. The van der Waals surface area contributed by atoms with Crippen molar-refractivity contribution < 1.29 is 50.1 Å². The molecule has 0 aromatic rings. The van der Waals surface area contributed by atoms with Crippen molar-refractivity contribution in [2.75, 3.05) is 19.8 Å². The van der Waals surface area contributed by atoms with Crippen LogP contribution in [-0.4, -0.2) is 63.9 Å². The van der Waals surface area contributed by atoms with Gasteiger partial charge in [-0.05, 0) is 45.0 Å². The van der Waals surface area contributed by atoms with Crippen molar-refractivity contribution in [1.82, 2.24) is 0 Å². The Morgan fingerprint density at radius 1 is 1.11 bits per heavy atom. The molecule has 7 atom stereocenters. The zero-order valence-electron chi connectivity index (χ0n) is 27.7. The van der Waals surface area contributed by atoms with Crippen LogP contribution in [0.25, 0.3) is 0 Å². The van der Waals surface area contributed by atoms with E-state index in [1.165, 1.54) is 19.9 Å². The van der Waals surface area contributed by atoms with Gasteiger partial charge in [0.05, 0.1) is 37.6 Å². The van der Waals surface area contributed by atoms with E-state index in [1.807, 2.05) is 26.8 Å². The Morgan fingerprint density at radius 3 is 2.28 bits per heavy atom. The quantitative estimate of drug-likeness (QED) is 0.0315. The predicted molar refractivity (Wildman–Crippen MR) is 191 cm³/mol. The summed E-state index contributed by atoms with van der Waals surface area (Å²) in [5.41, 5.74) is -1.50.